The van der Waals surface area contributed by atoms with Gasteiger partial charge in [-0.05, 0) is 34.6 Å². The molecule has 3 heteroatoms. The molecule has 0 amide bonds. The summed E-state index contributed by atoms with van der Waals surface area (Å²) in [6.45, 7) is 10.6. The quantitative estimate of drug-likeness (QED) is 0.554. The third-order valence-corrected chi connectivity index (χ3v) is 2.03. The molecule has 1 heterocycles. The Labute approximate surface area is 73.6 Å². The minimum Gasteiger partial charge on any atom is -0.367 e. The molecule has 1 saturated heterocycles. The van der Waals surface area contributed by atoms with Gasteiger partial charge in [-0.1, -0.05) is 0 Å². The zero-order chi connectivity index (χ0) is 9.57. The van der Waals surface area contributed by atoms with Crippen molar-refractivity contribution < 1.29 is 9.63 Å². The highest BCUT2D eigenvalue weighted by atomic mass is 16.7. The van der Waals surface area contributed by atoms with E-state index in [-0.39, 0.29) is 16.9 Å². The average molecular weight is 171 g/mol. The summed E-state index contributed by atoms with van der Waals surface area (Å²) in [5.74, 6) is -0.127. The number of carbonyl (C=O) groups is 1. The SMILES string of the molecule is CC1(C)CN(C(C)(C)C)OC1=O. The Bertz CT molecular complexity index is 203. The highest BCUT2D eigenvalue weighted by Crippen LogP contribution is 2.31. The highest BCUT2D eigenvalue weighted by Gasteiger charge is 2.44. The van der Waals surface area contributed by atoms with Crippen LogP contribution in [0.3, 0.4) is 0 Å². The molecule has 0 bridgehead atoms. The van der Waals surface area contributed by atoms with E-state index in [1.807, 2.05) is 34.6 Å². The lowest BCUT2D eigenvalue weighted by molar-refractivity contribution is -0.190. The molecular weight excluding hydrogens is 154 g/mol. The Morgan fingerprint density at radius 2 is 1.92 bits per heavy atom. The summed E-state index contributed by atoms with van der Waals surface area (Å²) in [5.41, 5.74) is -0.448. The van der Waals surface area contributed by atoms with Gasteiger partial charge in [0.15, 0.2) is 0 Å². The van der Waals surface area contributed by atoms with Crippen molar-refractivity contribution in [2.75, 3.05) is 6.54 Å². The van der Waals surface area contributed by atoms with E-state index in [2.05, 4.69) is 0 Å². The molecule has 0 aromatic rings. The molecule has 1 aliphatic heterocycles. The summed E-state index contributed by atoms with van der Waals surface area (Å²) in [5, 5.41) is 1.75. The average Bonchev–Trinajstić information content (AvgIpc) is 2.06. The number of hydrogen-bond donors (Lipinski definition) is 0. The molecule has 0 N–H and O–H groups in total. The summed E-state index contributed by atoms with van der Waals surface area (Å²) in [6, 6.07) is 0. The molecule has 0 spiro atoms. The fraction of sp³-hybridized carbons (Fsp3) is 0.889. The van der Waals surface area contributed by atoms with Crippen LogP contribution >= 0.6 is 0 Å². The van der Waals surface area contributed by atoms with Crippen molar-refractivity contribution in [2.24, 2.45) is 5.41 Å². The van der Waals surface area contributed by atoms with Gasteiger partial charge in [0.2, 0.25) is 0 Å². The maximum atomic E-state index is 11.3. The summed E-state index contributed by atoms with van der Waals surface area (Å²) in [6.07, 6.45) is 0. The number of hydroxylamine groups is 2. The van der Waals surface area contributed by atoms with Gasteiger partial charge >= 0.3 is 5.97 Å². The van der Waals surface area contributed by atoms with Gasteiger partial charge < -0.3 is 4.84 Å². The van der Waals surface area contributed by atoms with Crippen molar-refractivity contribution in [2.45, 2.75) is 40.2 Å². The molecule has 70 valence electrons. The molecule has 0 aliphatic carbocycles. The zero-order valence-corrected chi connectivity index (χ0v) is 8.47. The predicted octanol–water partition coefficient (Wildman–Crippen LogP) is 1.58. The fourth-order valence-corrected chi connectivity index (χ4v) is 1.05. The van der Waals surface area contributed by atoms with E-state index in [4.69, 9.17) is 4.84 Å². The first-order valence-electron chi connectivity index (χ1n) is 4.23. The van der Waals surface area contributed by atoms with Crippen LogP contribution in [0.4, 0.5) is 0 Å². The lowest BCUT2D eigenvalue weighted by atomic mass is 9.94. The molecule has 0 unspecified atom stereocenters. The first kappa shape index (κ1) is 9.52. The summed E-state index contributed by atoms with van der Waals surface area (Å²) in [7, 11) is 0. The maximum absolute atomic E-state index is 11.3. The van der Waals surface area contributed by atoms with Crippen molar-refractivity contribution >= 4 is 5.97 Å². The van der Waals surface area contributed by atoms with Gasteiger partial charge in [0.25, 0.3) is 0 Å². The van der Waals surface area contributed by atoms with Gasteiger partial charge in [-0.15, -0.1) is 5.06 Å². The molecule has 0 aromatic heterocycles. The van der Waals surface area contributed by atoms with E-state index < -0.39 is 0 Å². The number of rotatable bonds is 0. The lowest BCUT2D eigenvalue weighted by Gasteiger charge is -2.28. The van der Waals surface area contributed by atoms with Gasteiger partial charge in [0.05, 0.1) is 12.0 Å². The van der Waals surface area contributed by atoms with Gasteiger partial charge in [-0.3, -0.25) is 0 Å². The van der Waals surface area contributed by atoms with Crippen LogP contribution < -0.4 is 0 Å². The largest absolute Gasteiger partial charge is 0.367 e. The van der Waals surface area contributed by atoms with Gasteiger partial charge in [-0.25, -0.2) is 4.79 Å². The van der Waals surface area contributed by atoms with E-state index in [0.29, 0.717) is 6.54 Å². The van der Waals surface area contributed by atoms with E-state index in [9.17, 15) is 4.79 Å². The Hall–Kier alpha value is -0.570. The first-order chi connectivity index (χ1) is 5.23. The second-order valence-corrected chi connectivity index (χ2v) is 4.97. The highest BCUT2D eigenvalue weighted by molar-refractivity contribution is 5.77. The topological polar surface area (TPSA) is 29.5 Å². The smallest absolute Gasteiger partial charge is 0.332 e. The van der Waals surface area contributed by atoms with Crippen molar-refractivity contribution in [3.8, 4) is 0 Å². The Morgan fingerprint density at radius 3 is 2.08 bits per heavy atom. The van der Waals surface area contributed by atoms with Crippen LogP contribution in [0, 0.1) is 5.41 Å². The normalized spacial score (nSPS) is 24.2. The van der Waals surface area contributed by atoms with Gasteiger partial charge in [0.1, 0.15) is 0 Å². The Balaban J connectivity index is 2.74. The molecule has 1 rings (SSSR count). The summed E-state index contributed by atoms with van der Waals surface area (Å²) >= 11 is 0. The number of nitrogens with zero attached hydrogens (tertiary/aromatic N) is 1. The van der Waals surface area contributed by atoms with Crippen LogP contribution in [-0.4, -0.2) is 23.1 Å². The lowest BCUT2D eigenvalue weighted by Crippen LogP contribution is -2.39. The van der Waals surface area contributed by atoms with E-state index in [1.165, 1.54) is 0 Å². The molecule has 1 aliphatic rings. The second kappa shape index (κ2) is 2.46. The van der Waals surface area contributed by atoms with Crippen LogP contribution in [0.5, 0.6) is 0 Å². The molecule has 0 saturated carbocycles. The third-order valence-electron chi connectivity index (χ3n) is 2.03. The fourth-order valence-electron chi connectivity index (χ4n) is 1.05. The number of hydrogen-bond acceptors (Lipinski definition) is 3. The maximum Gasteiger partial charge on any atom is 0.332 e. The Kier molecular flexibility index (Phi) is 1.95. The molecular formula is C9H17NO2. The monoisotopic (exact) mass is 171 g/mol. The van der Waals surface area contributed by atoms with Gasteiger partial charge in [-0.2, -0.15) is 0 Å². The Morgan fingerprint density at radius 1 is 1.42 bits per heavy atom. The van der Waals surface area contributed by atoms with E-state index in [1.54, 1.807) is 5.06 Å². The van der Waals surface area contributed by atoms with Crippen LogP contribution in [0.25, 0.3) is 0 Å². The van der Waals surface area contributed by atoms with Crippen molar-refractivity contribution in [3.05, 3.63) is 0 Å². The molecule has 1 fully saturated rings. The van der Waals surface area contributed by atoms with Crippen LogP contribution in [0.2, 0.25) is 0 Å². The van der Waals surface area contributed by atoms with Gasteiger partial charge in [0, 0.05) is 5.54 Å². The van der Waals surface area contributed by atoms with Crippen molar-refractivity contribution in [1.29, 1.82) is 0 Å². The summed E-state index contributed by atoms with van der Waals surface area (Å²) < 4.78 is 0. The van der Waals surface area contributed by atoms with Crippen LogP contribution in [-0.2, 0) is 9.63 Å². The third kappa shape index (κ3) is 1.61. The van der Waals surface area contributed by atoms with E-state index >= 15 is 0 Å². The summed E-state index contributed by atoms with van der Waals surface area (Å²) in [4.78, 5) is 16.4. The zero-order valence-electron chi connectivity index (χ0n) is 8.47. The molecule has 0 atom stereocenters. The number of carbonyl (C=O) groups excluding carboxylic acids is 1. The van der Waals surface area contributed by atoms with E-state index in [0.717, 1.165) is 0 Å². The predicted molar refractivity (Wildman–Crippen MR) is 46.3 cm³/mol. The minimum absolute atomic E-state index is 0.0938. The molecule has 3 nitrogen and oxygen atoms in total. The molecule has 0 aromatic carbocycles. The molecule has 12 heavy (non-hydrogen) atoms. The van der Waals surface area contributed by atoms with Crippen LogP contribution in [0.15, 0.2) is 0 Å². The first-order valence-corrected chi connectivity index (χ1v) is 4.23. The molecule has 0 radical (unpaired) electrons. The second-order valence-electron chi connectivity index (χ2n) is 4.97. The standard InChI is InChI=1S/C9H17NO2/c1-8(2,3)10-6-9(4,5)7(11)12-10/h6H2,1-5H3. The van der Waals surface area contributed by atoms with Crippen molar-refractivity contribution in [1.82, 2.24) is 5.06 Å². The van der Waals surface area contributed by atoms with Crippen LogP contribution in [0.1, 0.15) is 34.6 Å². The minimum atomic E-state index is -0.354. The van der Waals surface area contributed by atoms with Crippen molar-refractivity contribution in [3.63, 3.8) is 0 Å².